The second-order valence-corrected chi connectivity index (χ2v) is 6.65. The van der Waals surface area contributed by atoms with Crippen LogP contribution in [-0.4, -0.2) is 22.3 Å². The van der Waals surface area contributed by atoms with E-state index < -0.39 is 0 Å². The SMILES string of the molecule is O=C(c1cncc(NCc2ccccc2F)c1)N1CCc2ccccc2C1. The topological polar surface area (TPSA) is 45.2 Å². The van der Waals surface area contributed by atoms with Crippen LogP contribution in [0.25, 0.3) is 0 Å². The van der Waals surface area contributed by atoms with Gasteiger partial charge in [-0.3, -0.25) is 9.78 Å². The van der Waals surface area contributed by atoms with Gasteiger partial charge in [-0.05, 0) is 29.7 Å². The Labute approximate surface area is 157 Å². The van der Waals surface area contributed by atoms with Crippen molar-refractivity contribution in [1.82, 2.24) is 9.88 Å². The molecule has 4 rings (SSSR count). The zero-order chi connectivity index (χ0) is 18.6. The standard InChI is InChI=1S/C22H20FN3O/c23-21-8-4-3-6-17(21)13-25-20-11-19(12-24-14-20)22(27)26-10-9-16-5-1-2-7-18(16)15-26/h1-8,11-12,14,25H,9-10,13,15H2. The molecular weight excluding hydrogens is 341 g/mol. The highest BCUT2D eigenvalue weighted by Gasteiger charge is 2.21. The molecule has 1 amide bonds. The minimum atomic E-state index is -0.253. The molecule has 0 saturated carbocycles. The van der Waals surface area contributed by atoms with E-state index in [1.807, 2.05) is 17.0 Å². The Hall–Kier alpha value is -3.21. The van der Waals surface area contributed by atoms with E-state index in [4.69, 9.17) is 0 Å². The highest BCUT2D eigenvalue weighted by molar-refractivity contribution is 5.94. The Morgan fingerprint density at radius 2 is 1.85 bits per heavy atom. The number of hydrogen-bond donors (Lipinski definition) is 1. The Kier molecular flexibility index (Phi) is 4.83. The molecule has 136 valence electrons. The van der Waals surface area contributed by atoms with Gasteiger partial charge in [0.25, 0.3) is 5.91 Å². The van der Waals surface area contributed by atoms with Crippen molar-refractivity contribution in [3.05, 3.63) is 95.1 Å². The molecule has 2 aromatic carbocycles. The van der Waals surface area contributed by atoms with E-state index >= 15 is 0 Å². The van der Waals surface area contributed by atoms with E-state index in [1.165, 1.54) is 17.2 Å². The lowest BCUT2D eigenvalue weighted by Crippen LogP contribution is -2.36. The van der Waals surface area contributed by atoms with Crippen LogP contribution in [0.2, 0.25) is 0 Å². The van der Waals surface area contributed by atoms with Gasteiger partial charge in [0, 0.05) is 37.6 Å². The molecule has 1 aliphatic heterocycles. The van der Waals surface area contributed by atoms with E-state index in [9.17, 15) is 9.18 Å². The predicted octanol–water partition coefficient (Wildman–Crippen LogP) is 4.03. The van der Waals surface area contributed by atoms with E-state index in [1.54, 1.807) is 36.7 Å². The van der Waals surface area contributed by atoms with Gasteiger partial charge in [0.15, 0.2) is 0 Å². The first-order chi connectivity index (χ1) is 13.2. The fourth-order valence-electron chi connectivity index (χ4n) is 3.34. The van der Waals surface area contributed by atoms with Crippen molar-refractivity contribution in [3.63, 3.8) is 0 Å². The van der Waals surface area contributed by atoms with E-state index in [0.29, 0.717) is 36.4 Å². The van der Waals surface area contributed by atoms with Gasteiger partial charge in [0.2, 0.25) is 0 Å². The number of nitrogens with zero attached hydrogens (tertiary/aromatic N) is 2. The molecule has 0 aliphatic carbocycles. The van der Waals surface area contributed by atoms with Crippen molar-refractivity contribution in [2.45, 2.75) is 19.5 Å². The first-order valence-corrected chi connectivity index (χ1v) is 8.99. The number of aromatic nitrogens is 1. The second-order valence-electron chi connectivity index (χ2n) is 6.65. The highest BCUT2D eigenvalue weighted by atomic mass is 19.1. The monoisotopic (exact) mass is 361 g/mol. The number of carbonyl (C=O) groups is 1. The summed E-state index contributed by atoms with van der Waals surface area (Å²) in [4.78, 5) is 18.9. The van der Waals surface area contributed by atoms with Crippen LogP contribution in [0.4, 0.5) is 10.1 Å². The predicted molar refractivity (Wildman–Crippen MR) is 103 cm³/mol. The zero-order valence-corrected chi connectivity index (χ0v) is 14.9. The van der Waals surface area contributed by atoms with E-state index in [0.717, 1.165) is 6.42 Å². The number of anilines is 1. The maximum absolute atomic E-state index is 13.7. The number of pyridine rings is 1. The third-order valence-corrected chi connectivity index (χ3v) is 4.84. The summed E-state index contributed by atoms with van der Waals surface area (Å²) >= 11 is 0. The summed E-state index contributed by atoms with van der Waals surface area (Å²) < 4.78 is 13.7. The molecule has 1 N–H and O–H groups in total. The molecule has 4 nitrogen and oxygen atoms in total. The van der Waals surface area contributed by atoms with Gasteiger partial charge in [-0.1, -0.05) is 42.5 Å². The van der Waals surface area contributed by atoms with E-state index in [-0.39, 0.29) is 11.7 Å². The Morgan fingerprint density at radius 3 is 2.70 bits per heavy atom. The van der Waals surface area contributed by atoms with Crippen LogP contribution in [0, 0.1) is 5.82 Å². The largest absolute Gasteiger partial charge is 0.380 e. The summed E-state index contributed by atoms with van der Waals surface area (Å²) in [7, 11) is 0. The molecule has 1 aromatic heterocycles. The molecule has 27 heavy (non-hydrogen) atoms. The average molecular weight is 361 g/mol. The lowest BCUT2D eigenvalue weighted by Gasteiger charge is -2.29. The summed E-state index contributed by atoms with van der Waals surface area (Å²) in [6, 6.07) is 16.6. The van der Waals surface area contributed by atoms with Crippen molar-refractivity contribution in [2.75, 3.05) is 11.9 Å². The van der Waals surface area contributed by atoms with Crippen LogP contribution in [0.15, 0.2) is 67.0 Å². The molecule has 0 spiro atoms. The maximum Gasteiger partial charge on any atom is 0.255 e. The summed E-state index contributed by atoms with van der Waals surface area (Å²) in [6.07, 6.45) is 4.08. The van der Waals surface area contributed by atoms with Gasteiger partial charge in [-0.25, -0.2) is 4.39 Å². The molecule has 0 fully saturated rings. The fourth-order valence-corrected chi connectivity index (χ4v) is 3.34. The lowest BCUT2D eigenvalue weighted by atomic mass is 9.99. The Bertz CT molecular complexity index is 973. The average Bonchev–Trinajstić information content (AvgIpc) is 2.72. The second kappa shape index (κ2) is 7.58. The molecule has 2 heterocycles. The number of halogens is 1. The summed E-state index contributed by atoms with van der Waals surface area (Å²) in [5.41, 5.74) is 4.30. The molecule has 0 radical (unpaired) electrons. The first kappa shape index (κ1) is 17.2. The molecule has 0 unspecified atom stereocenters. The van der Waals surface area contributed by atoms with Crippen LogP contribution in [-0.2, 0) is 19.5 Å². The van der Waals surface area contributed by atoms with Crippen LogP contribution < -0.4 is 5.32 Å². The maximum atomic E-state index is 13.7. The van der Waals surface area contributed by atoms with Crippen molar-refractivity contribution in [2.24, 2.45) is 0 Å². The quantitative estimate of drug-likeness (QED) is 0.763. The lowest BCUT2D eigenvalue weighted by molar-refractivity contribution is 0.0734. The summed E-state index contributed by atoms with van der Waals surface area (Å²) in [5, 5.41) is 3.14. The third kappa shape index (κ3) is 3.82. The number of nitrogens with one attached hydrogen (secondary N) is 1. The normalized spacial score (nSPS) is 13.1. The van der Waals surface area contributed by atoms with E-state index in [2.05, 4.69) is 22.4 Å². The fraction of sp³-hybridized carbons (Fsp3) is 0.182. The van der Waals surface area contributed by atoms with Gasteiger partial charge < -0.3 is 10.2 Å². The summed E-state index contributed by atoms with van der Waals surface area (Å²) in [5.74, 6) is -0.288. The third-order valence-electron chi connectivity index (χ3n) is 4.84. The number of hydrogen-bond acceptors (Lipinski definition) is 3. The molecule has 3 aromatic rings. The summed E-state index contributed by atoms with van der Waals surface area (Å²) in [6.45, 7) is 1.65. The molecule has 5 heteroatoms. The van der Waals surface area contributed by atoms with Crippen LogP contribution in [0.3, 0.4) is 0 Å². The number of benzene rings is 2. The van der Waals surface area contributed by atoms with Gasteiger partial charge in [-0.15, -0.1) is 0 Å². The van der Waals surface area contributed by atoms with Crippen molar-refractivity contribution >= 4 is 11.6 Å². The van der Waals surface area contributed by atoms with Gasteiger partial charge in [-0.2, -0.15) is 0 Å². The first-order valence-electron chi connectivity index (χ1n) is 8.99. The van der Waals surface area contributed by atoms with Crippen LogP contribution >= 0.6 is 0 Å². The number of amides is 1. The molecule has 0 bridgehead atoms. The van der Waals surface area contributed by atoms with Crippen molar-refractivity contribution in [3.8, 4) is 0 Å². The van der Waals surface area contributed by atoms with Crippen molar-refractivity contribution in [1.29, 1.82) is 0 Å². The Morgan fingerprint density at radius 1 is 1.07 bits per heavy atom. The molecule has 0 saturated heterocycles. The van der Waals surface area contributed by atoms with Crippen LogP contribution in [0.5, 0.6) is 0 Å². The van der Waals surface area contributed by atoms with Gasteiger partial charge >= 0.3 is 0 Å². The smallest absolute Gasteiger partial charge is 0.255 e. The minimum Gasteiger partial charge on any atom is -0.380 e. The molecular formula is C22H20FN3O. The van der Waals surface area contributed by atoms with Crippen molar-refractivity contribution < 1.29 is 9.18 Å². The number of carbonyl (C=O) groups excluding carboxylic acids is 1. The zero-order valence-electron chi connectivity index (χ0n) is 14.9. The molecule has 0 atom stereocenters. The van der Waals surface area contributed by atoms with Gasteiger partial charge in [0.1, 0.15) is 5.82 Å². The minimum absolute atomic E-state index is 0.0356. The van der Waals surface area contributed by atoms with Crippen LogP contribution in [0.1, 0.15) is 27.0 Å². The Balaban J connectivity index is 1.46. The number of rotatable bonds is 4. The highest BCUT2D eigenvalue weighted by Crippen LogP contribution is 2.21. The number of fused-ring (bicyclic) bond motifs is 1. The van der Waals surface area contributed by atoms with Gasteiger partial charge in [0.05, 0.1) is 11.3 Å². The molecule has 1 aliphatic rings.